The van der Waals surface area contributed by atoms with E-state index in [1.165, 1.54) is 52.0 Å². The van der Waals surface area contributed by atoms with Crippen LogP contribution in [0.2, 0.25) is 0 Å². The van der Waals surface area contributed by atoms with Gasteiger partial charge in [0.15, 0.2) is 11.5 Å². The number of carbonyl (C=O) groups is 1. The summed E-state index contributed by atoms with van der Waals surface area (Å²) < 4.78 is 16.3. The van der Waals surface area contributed by atoms with E-state index in [1.54, 1.807) is 0 Å². The van der Waals surface area contributed by atoms with Gasteiger partial charge in [0.05, 0.1) is 26.4 Å². The molecule has 2 rings (SSSR count). The Labute approximate surface area is 124 Å². The van der Waals surface area contributed by atoms with Crippen LogP contribution in [0.25, 0.3) is 0 Å². The van der Waals surface area contributed by atoms with Gasteiger partial charge in [-0.25, -0.2) is 4.79 Å². The van der Waals surface area contributed by atoms with Gasteiger partial charge in [-0.15, -0.1) is 0 Å². The Balaban J connectivity index is 2.10. The molecule has 5 nitrogen and oxygen atoms in total. The molecule has 21 heavy (non-hydrogen) atoms. The van der Waals surface area contributed by atoms with Crippen molar-refractivity contribution in [3.8, 4) is 17.2 Å². The molecule has 1 aromatic carbocycles. The molecule has 1 aliphatic rings. The van der Waals surface area contributed by atoms with Crippen LogP contribution in [0.1, 0.15) is 42.5 Å². The van der Waals surface area contributed by atoms with Gasteiger partial charge in [0.25, 0.3) is 0 Å². The maximum atomic E-state index is 11.1. The molecule has 0 amide bonds. The molecule has 1 N–H and O–H groups in total. The molecule has 0 aliphatic heterocycles. The Morgan fingerprint density at radius 1 is 1.19 bits per heavy atom. The van der Waals surface area contributed by atoms with Crippen molar-refractivity contribution in [3.63, 3.8) is 0 Å². The summed E-state index contributed by atoms with van der Waals surface area (Å²) >= 11 is 0. The average Bonchev–Trinajstić information content (AvgIpc) is 3.00. The smallest absolute Gasteiger partial charge is 0.335 e. The zero-order chi connectivity index (χ0) is 15.2. The maximum Gasteiger partial charge on any atom is 0.335 e. The minimum absolute atomic E-state index is 0.117. The summed E-state index contributed by atoms with van der Waals surface area (Å²) in [4.78, 5) is 11.1. The van der Waals surface area contributed by atoms with E-state index >= 15 is 0 Å². The fraction of sp³-hybridized carbons (Fsp3) is 0.562. The van der Waals surface area contributed by atoms with Crippen molar-refractivity contribution < 1.29 is 24.1 Å². The number of hydrogen-bond donors (Lipinski definition) is 1. The Morgan fingerprint density at radius 2 is 1.76 bits per heavy atom. The molecule has 0 saturated heterocycles. The minimum Gasteiger partial charge on any atom is -0.493 e. The largest absolute Gasteiger partial charge is 0.493 e. The fourth-order valence-electron chi connectivity index (χ4n) is 2.77. The van der Waals surface area contributed by atoms with Crippen LogP contribution in [0.4, 0.5) is 0 Å². The molecule has 5 heteroatoms. The van der Waals surface area contributed by atoms with E-state index in [4.69, 9.17) is 19.3 Å². The third kappa shape index (κ3) is 3.80. The van der Waals surface area contributed by atoms with Gasteiger partial charge in [0, 0.05) is 0 Å². The average molecular weight is 294 g/mol. The van der Waals surface area contributed by atoms with Gasteiger partial charge in [0.1, 0.15) is 0 Å². The van der Waals surface area contributed by atoms with Gasteiger partial charge in [0.2, 0.25) is 5.75 Å². The molecule has 0 heterocycles. The van der Waals surface area contributed by atoms with E-state index < -0.39 is 5.97 Å². The molecule has 0 atom stereocenters. The van der Waals surface area contributed by atoms with Crippen LogP contribution in [0.5, 0.6) is 17.2 Å². The van der Waals surface area contributed by atoms with Crippen LogP contribution >= 0.6 is 0 Å². The number of carboxylic acid groups (broad SMARTS) is 1. The third-order valence-corrected chi connectivity index (χ3v) is 3.95. The van der Waals surface area contributed by atoms with E-state index in [-0.39, 0.29) is 5.56 Å². The monoisotopic (exact) mass is 294 g/mol. The first-order valence-corrected chi connectivity index (χ1v) is 7.27. The first kappa shape index (κ1) is 15.5. The van der Waals surface area contributed by atoms with E-state index in [0.29, 0.717) is 23.9 Å². The first-order valence-electron chi connectivity index (χ1n) is 7.27. The lowest BCUT2D eigenvalue weighted by atomic mass is 10.1. The van der Waals surface area contributed by atoms with Gasteiger partial charge in [-0.1, -0.05) is 25.7 Å². The van der Waals surface area contributed by atoms with Crippen LogP contribution < -0.4 is 14.2 Å². The molecule has 0 bridgehead atoms. The highest BCUT2D eigenvalue weighted by atomic mass is 16.5. The lowest BCUT2D eigenvalue weighted by molar-refractivity contribution is 0.0696. The van der Waals surface area contributed by atoms with Crippen molar-refractivity contribution in [2.45, 2.75) is 32.1 Å². The lowest BCUT2D eigenvalue weighted by Gasteiger charge is -2.16. The van der Waals surface area contributed by atoms with Crippen molar-refractivity contribution in [1.82, 2.24) is 0 Å². The van der Waals surface area contributed by atoms with E-state index in [1.807, 2.05) is 0 Å². The zero-order valence-corrected chi connectivity index (χ0v) is 12.6. The number of ether oxygens (including phenoxy) is 3. The summed E-state index contributed by atoms with van der Waals surface area (Å²) in [6, 6.07) is 2.91. The van der Waals surface area contributed by atoms with Crippen LogP contribution in [0, 0.1) is 5.92 Å². The number of rotatable bonds is 7. The SMILES string of the molecule is COc1cc(C(=O)O)cc(OC)c1OCCC1CCCC1. The molecule has 1 aliphatic carbocycles. The molecule has 1 saturated carbocycles. The summed E-state index contributed by atoms with van der Waals surface area (Å²) in [6.45, 7) is 0.587. The van der Waals surface area contributed by atoms with Crippen molar-refractivity contribution >= 4 is 5.97 Å². The van der Waals surface area contributed by atoms with Crippen LogP contribution in [-0.2, 0) is 0 Å². The molecule has 1 aromatic rings. The highest BCUT2D eigenvalue weighted by Crippen LogP contribution is 2.39. The first-order chi connectivity index (χ1) is 10.2. The normalized spacial score (nSPS) is 15.0. The van der Waals surface area contributed by atoms with E-state index in [9.17, 15) is 4.79 Å². The van der Waals surface area contributed by atoms with Gasteiger partial charge < -0.3 is 19.3 Å². The minimum atomic E-state index is -1.02. The third-order valence-electron chi connectivity index (χ3n) is 3.95. The number of hydrogen-bond acceptors (Lipinski definition) is 4. The number of carboxylic acids is 1. The molecule has 0 radical (unpaired) electrons. The number of benzene rings is 1. The van der Waals surface area contributed by atoms with E-state index in [2.05, 4.69) is 0 Å². The van der Waals surface area contributed by atoms with Crippen molar-refractivity contribution in [2.75, 3.05) is 20.8 Å². The highest BCUT2D eigenvalue weighted by molar-refractivity contribution is 5.89. The highest BCUT2D eigenvalue weighted by Gasteiger charge is 2.19. The summed E-state index contributed by atoms with van der Waals surface area (Å²) in [7, 11) is 2.98. The Kier molecular flexibility index (Phi) is 5.31. The van der Waals surface area contributed by atoms with E-state index in [0.717, 1.165) is 12.3 Å². The summed E-state index contributed by atoms with van der Waals surface area (Å²) in [5, 5.41) is 9.08. The van der Waals surface area contributed by atoms with Gasteiger partial charge in [-0.05, 0) is 24.5 Å². The topological polar surface area (TPSA) is 65.0 Å². The quantitative estimate of drug-likeness (QED) is 0.835. The standard InChI is InChI=1S/C16H22O5/c1-19-13-9-12(16(17)18)10-14(20-2)15(13)21-8-7-11-5-3-4-6-11/h9-11H,3-8H2,1-2H3,(H,17,18). The Morgan fingerprint density at radius 3 is 2.24 bits per heavy atom. The Bertz CT molecular complexity index is 466. The van der Waals surface area contributed by atoms with Crippen LogP contribution in [-0.4, -0.2) is 31.9 Å². The molecule has 1 fully saturated rings. The molecule has 0 unspecified atom stereocenters. The second kappa shape index (κ2) is 7.20. The van der Waals surface area contributed by atoms with Crippen molar-refractivity contribution in [3.05, 3.63) is 17.7 Å². The van der Waals surface area contributed by atoms with Gasteiger partial charge in [-0.3, -0.25) is 0 Å². The predicted octanol–water partition coefficient (Wildman–Crippen LogP) is 3.36. The molecule has 116 valence electrons. The van der Waals surface area contributed by atoms with Gasteiger partial charge in [-0.2, -0.15) is 0 Å². The molecular weight excluding hydrogens is 272 g/mol. The molecular formula is C16H22O5. The summed E-state index contributed by atoms with van der Waals surface area (Å²) in [6.07, 6.45) is 6.17. The second-order valence-electron chi connectivity index (χ2n) is 5.30. The summed E-state index contributed by atoms with van der Waals surface area (Å²) in [5.41, 5.74) is 0.117. The molecule has 0 spiro atoms. The second-order valence-corrected chi connectivity index (χ2v) is 5.30. The Hall–Kier alpha value is -1.91. The zero-order valence-electron chi connectivity index (χ0n) is 12.6. The predicted molar refractivity (Wildman–Crippen MR) is 78.6 cm³/mol. The van der Waals surface area contributed by atoms with Crippen LogP contribution in [0.15, 0.2) is 12.1 Å². The van der Waals surface area contributed by atoms with Crippen molar-refractivity contribution in [1.29, 1.82) is 0 Å². The maximum absolute atomic E-state index is 11.1. The lowest BCUT2D eigenvalue weighted by Crippen LogP contribution is -2.07. The van der Waals surface area contributed by atoms with Gasteiger partial charge >= 0.3 is 5.97 Å². The number of methoxy groups -OCH3 is 2. The van der Waals surface area contributed by atoms with Crippen molar-refractivity contribution in [2.24, 2.45) is 5.92 Å². The van der Waals surface area contributed by atoms with Crippen LogP contribution in [0.3, 0.4) is 0 Å². The summed E-state index contributed by atoms with van der Waals surface area (Å²) in [5.74, 6) is 0.962. The fourth-order valence-corrected chi connectivity index (χ4v) is 2.77. The molecule has 0 aromatic heterocycles. The number of aromatic carboxylic acids is 1.